The molecule has 1 fully saturated rings. The molecule has 5 rings (SSSR count). The van der Waals surface area contributed by atoms with Crippen molar-refractivity contribution in [2.45, 2.75) is 25.5 Å². The van der Waals surface area contributed by atoms with E-state index >= 15 is 0 Å². The van der Waals surface area contributed by atoms with Crippen molar-refractivity contribution in [2.24, 2.45) is 0 Å². The maximum Gasteiger partial charge on any atom is 0.270 e. The lowest BCUT2D eigenvalue weighted by Crippen LogP contribution is -2.37. The molecule has 35 heavy (non-hydrogen) atoms. The molecule has 0 radical (unpaired) electrons. The summed E-state index contributed by atoms with van der Waals surface area (Å²) in [6.45, 7) is 3.33. The van der Waals surface area contributed by atoms with E-state index in [1.54, 1.807) is 31.5 Å². The Morgan fingerprint density at radius 2 is 2.14 bits per heavy atom. The Kier molecular flexibility index (Phi) is 6.55. The van der Waals surface area contributed by atoms with Crippen molar-refractivity contribution in [1.82, 2.24) is 30.3 Å². The molecule has 0 spiro atoms. The van der Waals surface area contributed by atoms with Crippen LogP contribution in [0.4, 0.5) is 4.39 Å². The molecule has 4 heterocycles. The van der Waals surface area contributed by atoms with Gasteiger partial charge >= 0.3 is 0 Å². The van der Waals surface area contributed by atoms with E-state index in [0.717, 1.165) is 19.5 Å². The lowest BCUT2D eigenvalue weighted by Gasteiger charge is -2.18. The first-order chi connectivity index (χ1) is 16.9. The first kappa shape index (κ1) is 23.5. The van der Waals surface area contributed by atoms with E-state index in [0.29, 0.717) is 32.9 Å². The quantitative estimate of drug-likeness (QED) is 0.374. The summed E-state index contributed by atoms with van der Waals surface area (Å²) < 4.78 is 15.5. The van der Waals surface area contributed by atoms with Gasteiger partial charge in [-0.1, -0.05) is 23.2 Å². The van der Waals surface area contributed by atoms with Gasteiger partial charge in [0, 0.05) is 41.1 Å². The van der Waals surface area contributed by atoms with Gasteiger partial charge in [-0.25, -0.2) is 19.3 Å². The third kappa shape index (κ3) is 4.67. The minimum Gasteiger partial charge on any atom is -0.406 e. The van der Waals surface area contributed by atoms with Crippen LogP contribution in [-0.4, -0.2) is 44.7 Å². The number of pyridine rings is 1. The number of nitrogens with one attached hydrogen (secondary N) is 2. The summed E-state index contributed by atoms with van der Waals surface area (Å²) in [5.74, 6) is -0.837. The van der Waals surface area contributed by atoms with Gasteiger partial charge in [0.1, 0.15) is 23.4 Å². The van der Waals surface area contributed by atoms with Crippen LogP contribution in [0, 0.1) is 5.82 Å². The molecule has 11 heteroatoms. The number of fused-ring (bicyclic) bond motifs is 1. The molecule has 1 aliphatic rings. The molecular weight excluding hydrogens is 494 g/mol. The van der Waals surface area contributed by atoms with Crippen LogP contribution in [0.15, 0.2) is 49.1 Å². The predicted octanol–water partition coefficient (Wildman–Crippen LogP) is 4.22. The van der Waals surface area contributed by atoms with E-state index in [1.165, 1.54) is 23.2 Å². The summed E-state index contributed by atoms with van der Waals surface area (Å²) in [6, 6.07) is 8.07. The van der Waals surface area contributed by atoms with Crippen molar-refractivity contribution in [3.05, 3.63) is 76.2 Å². The zero-order valence-corrected chi connectivity index (χ0v) is 20.1. The fourth-order valence-electron chi connectivity index (χ4n) is 4.11. The smallest absolute Gasteiger partial charge is 0.270 e. The number of benzene rings is 1. The van der Waals surface area contributed by atoms with Crippen LogP contribution in [0.2, 0.25) is 10.0 Å². The van der Waals surface area contributed by atoms with Crippen LogP contribution in [0.25, 0.3) is 22.3 Å². The van der Waals surface area contributed by atoms with E-state index in [9.17, 15) is 9.18 Å². The van der Waals surface area contributed by atoms with Crippen molar-refractivity contribution < 1.29 is 14.0 Å². The topological polar surface area (TPSA) is 94.0 Å². The normalized spacial score (nSPS) is 16.4. The number of aromatic nitrogens is 4. The zero-order valence-electron chi connectivity index (χ0n) is 18.6. The number of hydrogen-bond acceptors (Lipinski definition) is 6. The van der Waals surface area contributed by atoms with Gasteiger partial charge < -0.3 is 15.5 Å². The average molecular weight is 515 g/mol. The summed E-state index contributed by atoms with van der Waals surface area (Å²) in [7, 11) is 0. The van der Waals surface area contributed by atoms with Crippen molar-refractivity contribution in [1.29, 1.82) is 0 Å². The average Bonchev–Trinajstić information content (AvgIpc) is 3.51. The Balaban J connectivity index is 1.42. The van der Waals surface area contributed by atoms with Crippen LogP contribution in [0.5, 0.6) is 0 Å². The van der Waals surface area contributed by atoms with Crippen molar-refractivity contribution in [3.8, 4) is 11.3 Å². The van der Waals surface area contributed by atoms with Crippen molar-refractivity contribution in [3.63, 3.8) is 0 Å². The van der Waals surface area contributed by atoms with Crippen LogP contribution < -0.4 is 15.5 Å². The summed E-state index contributed by atoms with van der Waals surface area (Å²) in [5, 5.41) is 6.46. The first-order valence-corrected chi connectivity index (χ1v) is 11.8. The molecule has 1 amide bonds. The molecule has 3 aromatic heterocycles. The summed E-state index contributed by atoms with van der Waals surface area (Å²) in [6.07, 6.45) is 4.85. The Hall–Kier alpha value is -3.27. The number of hydrogen-bond donors (Lipinski definition) is 2. The van der Waals surface area contributed by atoms with Gasteiger partial charge in [-0.2, -0.15) is 4.73 Å². The number of amides is 1. The molecule has 2 N–H and O–H groups in total. The molecule has 2 unspecified atom stereocenters. The first-order valence-electron chi connectivity index (χ1n) is 11.0. The molecular formula is C24H21Cl2FN6O2. The fourth-order valence-corrected chi connectivity index (χ4v) is 4.78. The molecule has 4 aromatic rings. The second-order valence-corrected chi connectivity index (χ2v) is 8.98. The zero-order chi connectivity index (χ0) is 24.5. The Morgan fingerprint density at radius 3 is 2.94 bits per heavy atom. The summed E-state index contributed by atoms with van der Waals surface area (Å²) in [4.78, 5) is 31.9. The lowest BCUT2D eigenvalue weighted by atomic mass is 10.1. The summed E-state index contributed by atoms with van der Waals surface area (Å²) >= 11 is 12.4. The van der Waals surface area contributed by atoms with E-state index in [-0.39, 0.29) is 22.7 Å². The van der Waals surface area contributed by atoms with Gasteiger partial charge in [-0.15, -0.1) is 0 Å². The van der Waals surface area contributed by atoms with Gasteiger partial charge in [0.25, 0.3) is 5.91 Å². The highest BCUT2D eigenvalue weighted by molar-refractivity contribution is 6.36. The molecule has 1 saturated heterocycles. The monoisotopic (exact) mass is 514 g/mol. The van der Waals surface area contributed by atoms with Crippen molar-refractivity contribution >= 4 is 40.1 Å². The maximum absolute atomic E-state index is 14.0. The van der Waals surface area contributed by atoms with E-state index in [2.05, 4.69) is 25.6 Å². The Morgan fingerprint density at radius 1 is 1.29 bits per heavy atom. The second kappa shape index (κ2) is 9.77. The van der Waals surface area contributed by atoms with E-state index < -0.39 is 11.9 Å². The number of halogens is 3. The van der Waals surface area contributed by atoms with Crippen LogP contribution in [0.1, 0.15) is 35.5 Å². The molecule has 1 aromatic carbocycles. The van der Waals surface area contributed by atoms with Gasteiger partial charge in [0.05, 0.1) is 16.2 Å². The Labute approximate surface area is 210 Å². The fraction of sp³-hybridized carbons (Fsp3) is 0.250. The number of nitrogens with zero attached hydrogens (tertiary/aromatic N) is 4. The molecule has 2 atom stereocenters. The number of carbonyl (C=O) groups is 1. The van der Waals surface area contributed by atoms with Crippen molar-refractivity contribution in [2.75, 3.05) is 13.1 Å². The number of rotatable bonds is 6. The van der Waals surface area contributed by atoms with Crippen LogP contribution in [0.3, 0.4) is 0 Å². The molecule has 0 aliphatic carbocycles. The maximum atomic E-state index is 14.0. The molecule has 0 bridgehead atoms. The highest BCUT2D eigenvalue weighted by atomic mass is 35.5. The molecule has 8 nitrogen and oxygen atoms in total. The molecule has 1 aliphatic heterocycles. The van der Waals surface area contributed by atoms with Crippen LogP contribution in [-0.2, 0) is 0 Å². The van der Waals surface area contributed by atoms with Gasteiger partial charge in [-0.05, 0) is 50.2 Å². The molecule has 180 valence electrons. The third-order valence-corrected chi connectivity index (χ3v) is 6.58. The van der Waals surface area contributed by atoms with E-state index in [1.807, 2.05) is 6.07 Å². The highest BCUT2D eigenvalue weighted by Crippen LogP contribution is 2.33. The minimum atomic E-state index is -0.635. The van der Waals surface area contributed by atoms with E-state index in [4.69, 9.17) is 28.0 Å². The minimum absolute atomic E-state index is 0.0639. The number of carbonyl (C=O) groups excluding carboxylic acids is 1. The standard InChI is InChI=1S/C24H21Cl2FN6O2/c1-13(21-16(25)2-3-17(27)22(21)26)35-33-9-7-19-20(33)5-4-18(32-19)15-11-29-12-30-23(15)24(34)31-14-6-8-28-10-14/h2-5,7,9,11-14,28H,6,8,10H2,1H3,(H,31,34). The van der Waals surface area contributed by atoms with Gasteiger partial charge in [0.2, 0.25) is 0 Å². The lowest BCUT2D eigenvalue weighted by molar-refractivity contribution is 0.0562. The van der Waals surface area contributed by atoms with Gasteiger partial charge in [-0.3, -0.25) is 4.79 Å². The third-order valence-electron chi connectivity index (χ3n) is 5.86. The molecule has 0 saturated carbocycles. The summed E-state index contributed by atoms with van der Waals surface area (Å²) in [5.41, 5.74) is 2.99. The van der Waals surface area contributed by atoms with Gasteiger partial charge in [0.15, 0.2) is 6.10 Å². The SMILES string of the molecule is CC(On1ccc2nc(-c3cncnc3C(=O)NC3CCNC3)ccc21)c1c(Cl)ccc(F)c1Cl. The predicted molar refractivity (Wildman–Crippen MR) is 131 cm³/mol. The largest absolute Gasteiger partial charge is 0.406 e. The Bertz CT molecular complexity index is 1410. The van der Waals surface area contributed by atoms with Crippen LogP contribution >= 0.6 is 23.2 Å². The highest BCUT2D eigenvalue weighted by Gasteiger charge is 2.23. The second-order valence-electron chi connectivity index (χ2n) is 8.20.